The van der Waals surface area contributed by atoms with Crippen LogP contribution in [0, 0.1) is 0 Å². The second-order valence-corrected chi connectivity index (χ2v) is 12.9. The molecule has 0 N–H and O–H groups in total. The van der Waals surface area contributed by atoms with Gasteiger partial charge in [0.15, 0.2) is 0 Å². The van der Waals surface area contributed by atoms with Gasteiger partial charge in [-0.2, -0.15) is 0 Å². The van der Waals surface area contributed by atoms with E-state index in [1.807, 2.05) is 12.1 Å². The molecule has 2 nitrogen and oxygen atoms in total. The van der Waals surface area contributed by atoms with E-state index in [-0.39, 0.29) is 0 Å². The predicted octanol–water partition coefficient (Wildman–Crippen LogP) is 13.8. The molecule has 1 heterocycles. The zero-order valence-electron chi connectivity index (χ0n) is 27.3. The monoisotopic (exact) mass is 637 g/mol. The molecule has 0 unspecified atom stereocenters. The smallest absolute Gasteiger partial charge is 0.135 e. The molecule has 10 aromatic rings. The van der Waals surface area contributed by atoms with E-state index >= 15 is 0 Å². The molecule has 0 atom stereocenters. The lowest BCUT2D eigenvalue weighted by Gasteiger charge is -2.26. The lowest BCUT2D eigenvalue weighted by molar-refractivity contribution is 0.669. The fraction of sp³-hybridized carbons (Fsp3) is 0. The normalized spacial score (nSPS) is 11.6. The molecule has 50 heavy (non-hydrogen) atoms. The van der Waals surface area contributed by atoms with Gasteiger partial charge in [-0.25, -0.2) is 0 Å². The number of benzene rings is 9. The Balaban J connectivity index is 1.11. The minimum Gasteiger partial charge on any atom is -0.456 e. The van der Waals surface area contributed by atoms with Crippen molar-refractivity contribution in [3.8, 4) is 22.3 Å². The summed E-state index contributed by atoms with van der Waals surface area (Å²) >= 11 is 0. The maximum absolute atomic E-state index is 6.21. The molecule has 0 spiro atoms. The van der Waals surface area contributed by atoms with E-state index in [2.05, 4.69) is 181 Å². The number of rotatable bonds is 5. The number of hydrogen-bond donors (Lipinski definition) is 0. The molecule has 0 fully saturated rings. The van der Waals surface area contributed by atoms with Gasteiger partial charge < -0.3 is 9.32 Å². The molecule has 10 rings (SSSR count). The zero-order chi connectivity index (χ0) is 33.0. The van der Waals surface area contributed by atoms with Crippen molar-refractivity contribution in [1.82, 2.24) is 0 Å². The van der Waals surface area contributed by atoms with Gasteiger partial charge in [-0.3, -0.25) is 0 Å². The number of furan rings is 1. The summed E-state index contributed by atoms with van der Waals surface area (Å²) in [6.45, 7) is 0. The fourth-order valence-electron chi connectivity index (χ4n) is 7.65. The largest absolute Gasteiger partial charge is 0.456 e. The van der Waals surface area contributed by atoms with E-state index in [9.17, 15) is 0 Å². The molecule has 0 saturated heterocycles. The summed E-state index contributed by atoms with van der Waals surface area (Å²) in [7, 11) is 0. The van der Waals surface area contributed by atoms with Gasteiger partial charge >= 0.3 is 0 Å². The molecule has 0 aliphatic carbocycles. The summed E-state index contributed by atoms with van der Waals surface area (Å²) in [5, 5.41) is 9.80. The van der Waals surface area contributed by atoms with Gasteiger partial charge in [0, 0.05) is 27.8 Å². The van der Waals surface area contributed by atoms with Gasteiger partial charge in [0.1, 0.15) is 11.2 Å². The van der Waals surface area contributed by atoms with Crippen LogP contribution in [0.1, 0.15) is 0 Å². The molecule has 0 aliphatic heterocycles. The van der Waals surface area contributed by atoms with E-state index in [0.29, 0.717) is 0 Å². The van der Waals surface area contributed by atoms with Crippen LogP contribution in [0.4, 0.5) is 17.1 Å². The summed E-state index contributed by atoms with van der Waals surface area (Å²) in [5.74, 6) is 0. The van der Waals surface area contributed by atoms with Gasteiger partial charge in [0.25, 0.3) is 0 Å². The molecule has 0 saturated carbocycles. The van der Waals surface area contributed by atoms with Crippen LogP contribution in [-0.4, -0.2) is 0 Å². The Morgan fingerprint density at radius 1 is 0.300 bits per heavy atom. The Hall–Kier alpha value is -6.64. The average Bonchev–Trinajstić information content (AvgIpc) is 3.56. The van der Waals surface area contributed by atoms with E-state index < -0.39 is 0 Å². The Bertz CT molecular complexity index is 2860. The number of para-hydroxylation sites is 1. The highest BCUT2D eigenvalue weighted by Gasteiger charge is 2.17. The quantitative estimate of drug-likeness (QED) is 0.175. The van der Waals surface area contributed by atoms with Crippen LogP contribution in [0.2, 0.25) is 0 Å². The highest BCUT2D eigenvalue weighted by Crippen LogP contribution is 2.41. The summed E-state index contributed by atoms with van der Waals surface area (Å²) < 4.78 is 6.21. The standard InChI is InChI=1S/C48H31NO/c1-3-13-39-32(10-1)12-9-18-40(39)33-20-24-36(25-21-33)49(38-28-29-48-46(31-38)44-17-7-8-19-47(44)50-48)37-26-22-34(23-27-37)45-30-35-11-2-4-14-41(35)42-15-5-6-16-43(42)45/h1-31H. The van der Waals surface area contributed by atoms with Gasteiger partial charge in [-0.15, -0.1) is 0 Å². The van der Waals surface area contributed by atoms with Crippen LogP contribution < -0.4 is 4.90 Å². The molecule has 0 radical (unpaired) electrons. The summed E-state index contributed by atoms with van der Waals surface area (Å²) in [4.78, 5) is 2.34. The molecule has 1 aromatic heterocycles. The zero-order valence-corrected chi connectivity index (χ0v) is 27.3. The molecule has 2 heteroatoms. The van der Waals surface area contributed by atoms with Gasteiger partial charge in [-0.05, 0) is 109 Å². The summed E-state index contributed by atoms with van der Waals surface area (Å²) in [5.41, 5.74) is 9.90. The Morgan fingerprint density at radius 3 is 1.60 bits per heavy atom. The van der Waals surface area contributed by atoms with Gasteiger partial charge in [0.2, 0.25) is 0 Å². The molecule has 234 valence electrons. The Labute approximate surface area is 290 Å². The van der Waals surface area contributed by atoms with Crippen LogP contribution in [0.5, 0.6) is 0 Å². The number of anilines is 3. The van der Waals surface area contributed by atoms with Crippen molar-refractivity contribution >= 4 is 71.3 Å². The predicted molar refractivity (Wildman–Crippen MR) is 212 cm³/mol. The first-order valence-electron chi connectivity index (χ1n) is 17.1. The average molecular weight is 638 g/mol. The number of fused-ring (bicyclic) bond motifs is 7. The SMILES string of the molecule is c1ccc2c(-c3ccc(N(c4ccc(-c5cc6ccccc6c6ccccc56)cc4)c4ccc5oc6ccccc6c5c4)cc3)cccc2c1. The van der Waals surface area contributed by atoms with E-state index in [1.54, 1.807) is 0 Å². The fourth-order valence-corrected chi connectivity index (χ4v) is 7.65. The topological polar surface area (TPSA) is 16.4 Å². The molecule has 0 bridgehead atoms. The third kappa shape index (κ3) is 4.65. The van der Waals surface area contributed by atoms with Crippen molar-refractivity contribution in [2.24, 2.45) is 0 Å². The first kappa shape index (κ1) is 28.4. The Kier molecular flexibility index (Phi) is 6.53. The van der Waals surface area contributed by atoms with Crippen LogP contribution >= 0.6 is 0 Å². The summed E-state index contributed by atoms with van der Waals surface area (Å²) in [6.07, 6.45) is 0. The highest BCUT2D eigenvalue weighted by atomic mass is 16.3. The summed E-state index contributed by atoms with van der Waals surface area (Å²) in [6, 6.07) is 67.6. The third-order valence-electron chi connectivity index (χ3n) is 10.0. The maximum Gasteiger partial charge on any atom is 0.135 e. The molecule has 0 aliphatic rings. The van der Waals surface area contributed by atoms with Crippen molar-refractivity contribution in [1.29, 1.82) is 0 Å². The third-order valence-corrected chi connectivity index (χ3v) is 10.0. The van der Waals surface area contributed by atoms with E-state index in [4.69, 9.17) is 4.42 Å². The molecular formula is C48H31NO. The minimum absolute atomic E-state index is 0.889. The number of hydrogen-bond acceptors (Lipinski definition) is 2. The first-order valence-corrected chi connectivity index (χ1v) is 17.1. The van der Waals surface area contributed by atoms with Crippen molar-refractivity contribution in [3.63, 3.8) is 0 Å². The van der Waals surface area contributed by atoms with Gasteiger partial charge in [-0.1, -0.05) is 133 Å². The minimum atomic E-state index is 0.889. The van der Waals surface area contributed by atoms with Crippen LogP contribution in [0.3, 0.4) is 0 Å². The molecule has 9 aromatic carbocycles. The second kappa shape index (κ2) is 11.5. The second-order valence-electron chi connectivity index (χ2n) is 12.9. The Morgan fingerprint density at radius 2 is 0.840 bits per heavy atom. The van der Waals surface area contributed by atoms with Crippen LogP contribution in [0.15, 0.2) is 192 Å². The van der Waals surface area contributed by atoms with Crippen LogP contribution in [-0.2, 0) is 0 Å². The first-order chi connectivity index (χ1) is 24.8. The highest BCUT2D eigenvalue weighted by molar-refractivity contribution is 6.14. The van der Waals surface area contributed by atoms with E-state index in [1.165, 1.54) is 54.6 Å². The molecular weight excluding hydrogens is 607 g/mol. The van der Waals surface area contributed by atoms with Crippen molar-refractivity contribution in [3.05, 3.63) is 188 Å². The lowest BCUT2D eigenvalue weighted by atomic mass is 9.93. The van der Waals surface area contributed by atoms with E-state index in [0.717, 1.165) is 39.0 Å². The van der Waals surface area contributed by atoms with Crippen molar-refractivity contribution in [2.75, 3.05) is 4.90 Å². The van der Waals surface area contributed by atoms with Crippen molar-refractivity contribution in [2.45, 2.75) is 0 Å². The molecule has 0 amide bonds. The van der Waals surface area contributed by atoms with Gasteiger partial charge in [0.05, 0.1) is 0 Å². The van der Waals surface area contributed by atoms with Crippen molar-refractivity contribution < 1.29 is 4.42 Å². The lowest BCUT2D eigenvalue weighted by Crippen LogP contribution is -2.09. The maximum atomic E-state index is 6.21. The number of nitrogens with zero attached hydrogens (tertiary/aromatic N) is 1. The van der Waals surface area contributed by atoms with Crippen LogP contribution in [0.25, 0.3) is 76.5 Å².